The Bertz CT molecular complexity index is 1100. The summed E-state index contributed by atoms with van der Waals surface area (Å²) < 4.78 is 12.1. The van der Waals surface area contributed by atoms with Crippen molar-refractivity contribution in [3.63, 3.8) is 0 Å². The molecule has 1 spiro atoms. The second kappa shape index (κ2) is 8.22. The summed E-state index contributed by atoms with van der Waals surface area (Å²) in [5, 5.41) is 10.4. The lowest BCUT2D eigenvalue weighted by molar-refractivity contribution is -0.160. The van der Waals surface area contributed by atoms with Crippen LogP contribution in [-0.2, 0) is 23.9 Å². The van der Waals surface area contributed by atoms with Crippen LogP contribution in [0.2, 0.25) is 5.02 Å². The number of hydrogen-bond acceptors (Lipinski definition) is 6. The number of carbonyl (C=O) groups is 3. The first-order chi connectivity index (χ1) is 16.2. The van der Waals surface area contributed by atoms with Crippen molar-refractivity contribution in [1.29, 1.82) is 0 Å². The molecule has 180 valence electrons. The fourth-order valence-corrected chi connectivity index (χ4v) is 6.11. The molecule has 1 aromatic rings. The van der Waals surface area contributed by atoms with Gasteiger partial charge in [-0.2, -0.15) is 0 Å². The average Bonchev–Trinajstić information content (AvgIpc) is 3.13. The molecule has 1 unspecified atom stereocenters. The topological polar surface area (TPSA) is 96.4 Å². The number of ether oxygens (including phenoxy) is 2. The molecule has 2 amide bonds. The van der Waals surface area contributed by atoms with Crippen molar-refractivity contribution in [2.75, 3.05) is 24.7 Å². The largest absolute Gasteiger partial charge is 0.465 e. The summed E-state index contributed by atoms with van der Waals surface area (Å²) in [5.41, 5.74) is -2.02. The molecule has 5 rings (SSSR count). The third kappa shape index (κ3) is 3.16. The summed E-state index contributed by atoms with van der Waals surface area (Å²) >= 11 is 6.42. The fraction of sp³-hybridized carbons (Fsp3) is 0.480. The number of esters is 1. The quantitative estimate of drug-likeness (QED) is 0.519. The third-order valence-corrected chi connectivity index (χ3v) is 7.66. The van der Waals surface area contributed by atoms with Gasteiger partial charge in [-0.3, -0.25) is 14.4 Å². The maximum absolute atomic E-state index is 14.2. The minimum Gasteiger partial charge on any atom is -0.465 e. The Labute approximate surface area is 202 Å². The van der Waals surface area contributed by atoms with Crippen molar-refractivity contribution in [2.24, 2.45) is 11.8 Å². The van der Waals surface area contributed by atoms with E-state index in [0.717, 1.165) is 0 Å². The summed E-state index contributed by atoms with van der Waals surface area (Å²) in [6, 6.07) is 5.24. The highest BCUT2D eigenvalue weighted by atomic mass is 35.5. The second-order valence-corrected chi connectivity index (χ2v) is 9.84. The molecular weight excluding hydrogens is 460 g/mol. The van der Waals surface area contributed by atoms with Crippen LogP contribution in [0.4, 0.5) is 5.69 Å². The van der Waals surface area contributed by atoms with E-state index in [4.69, 9.17) is 21.1 Å². The molecule has 0 radical (unpaired) electrons. The lowest BCUT2D eigenvalue weighted by Gasteiger charge is -2.39. The molecule has 1 N–H and O–H groups in total. The highest BCUT2D eigenvalue weighted by Gasteiger charge is 2.75. The SMILES string of the molecule is C[C@H](CO)N1C(=O)[C@@H]2[C@@H]3C(=O)OCCC=C[C@]3(C)O[C@@]23C=CCN(c2ccccc2Cl)C(=O)C13. The smallest absolute Gasteiger partial charge is 0.313 e. The minimum atomic E-state index is -1.40. The van der Waals surface area contributed by atoms with Crippen molar-refractivity contribution in [3.8, 4) is 0 Å². The number of carbonyl (C=O) groups excluding carboxylic acids is 3. The molecule has 8 nitrogen and oxygen atoms in total. The summed E-state index contributed by atoms with van der Waals surface area (Å²) in [5.74, 6) is -3.22. The number of para-hydroxylation sites is 1. The number of hydrogen-bond donors (Lipinski definition) is 1. The standard InChI is InChI=1S/C25H27ClN2O6/c1-15(14-29)28-20-22(31)27(17-9-4-3-8-16(17)26)12-7-11-25(20)18(21(28)30)19-23(32)33-13-6-5-10-24(19,2)34-25/h3-5,7-11,15,18-20,29H,6,12-14H2,1-2H3/t15-,18+,19-,20?,24+,25+/m1/s1. The second-order valence-electron chi connectivity index (χ2n) is 9.44. The van der Waals surface area contributed by atoms with Gasteiger partial charge in [0, 0.05) is 6.54 Å². The Morgan fingerprint density at radius 1 is 1.15 bits per heavy atom. The maximum Gasteiger partial charge on any atom is 0.313 e. The Morgan fingerprint density at radius 3 is 2.65 bits per heavy atom. The van der Waals surface area contributed by atoms with Crippen LogP contribution in [-0.4, -0.2) is 70.8 Å². The van der Waals surface area contributed by atoms with E-state index in [1.165, 1.54) is 9.80 Å². The highest BCUT2D eigenvalue weighted by Crippen LogP contribution is 2.57. The molecular formula is C25H27ClN2O6. The molecule has 9 heteroatoms. The first kappa shape index (κ1) is 23.1. The number of cyclic esters (lactones) is 1. The normalized spacial score (nSPS) is 35.8. The van der Waals surface area contributed by atoms with Gasteiger partial charge in [0.15, 0.2) is 0 Å². The van der Waals surface area contributed by atoms with E-state index < -0.39 is 47.0 Å². The van der Waals surface area contributed by atoms with Crippen LogP contribution >= 0.6 is 11.6 Å². The summed E-state index contributed by atoms with van der Waals surface area (Å²) in [6.45, 7) is 3.51. The number of aliphatic hydroxyl groups is 1. The molecule has 6 atom stereocenters. The lowest BCUT2D eigenvalue weighted by Crippen LogP contribution is -2.58. The highest BCUT2D eigenvalue weighted by molar-refractivity contribution is 6.34. The van der Waals surface area contributed by atoms with Gasteiger partial charge < -0.3 is 24.4 Å². The molecule has 1 aromatic carbocycles. The number of rotatable bonds is 3. The van der Waals surface area contributed by atoms with E-state index in [9.17, 15) is 19.5 Å². The van der Waals surface area contributed by atoms with E-state index >= 15 is 0 Å². The number of benzene rings is 1. The zero-order valence-corrected chi connectivity index (χ0v) is 19.8. The van der Waals surface area contributed by atoms with Crippen LogP contribution in [0.3, 0.4) is 0 Å². The maximum atomic E-state index is 14.2. The van der Waals surface area contributed by atoms with Crippen molar-refractivity contribution in [1.82, 2.24) is 4.90 Å². The van der Waals surface area contributed by atoms with E-state index in [0.29, 0.717) is 17.1 Å². The number of aliphatic hydroxyl groups excluding tert-OH is 1. The van der Waals surface area contributed by atoms with E-state index in [1.54, 1.807) is 50.3 Å². The zero-order chi connectivity index (χ0) is 24.3. The minimum absolute atomic E-state index is 0.213. The number of anilines is 1. The molecule has 0 aromatic heterocycles. The van der Waals surface area contributed by atoms with E-state index in [-0.39, 0.29) is 25.7 Å². The summed E-state index contributed by atoms with van der Waals surface area (Å²) in [4.78, 5) is 44.1. The Morgan fingerprint density at radius 2 is 1.91 bits per heavy atom. The van der Waals surface area contributed by atoms with Crippen LogP contribution in [0.1, 0.15) is 20.3 Å². The van der Waals surface area contributed by atoms with Crippen LogP contribution in [0.15, 0.2) is 48.6 Å². The Kier molecular flexibility index (Phi) is 5.58. The van der Waals surface area contributed by atoms with Crippen LogP contribution in [0.5, 0.6) is 0 Å². The molecule has 4 aliphatic heterocycles. The molecule has 2 fully saturated rings. The van der Waals surface area contributed by atoms with Crippen LogP contribution < -0.4 is 4.90 Å². The third-order valence-electron chi connectivity index (χ3n) is 7.34. The first-order valence-electron chi connectivity index (χ1n) is 11.5. The predicted molar refractivity (Wildman–Crippen MR) is 124 cm³/mol. The van der Waals surface area contributed by atoms with Gasteiger partial charge in [0.2, 0.25) is 5.91 Å². The molecule has 4 heterocycles. The number of halogens is 1. The van der Waals surface area contributed by atoms with Gasteiger partial charge in [-0.25, -0.2) is 0 Å². The number of nitrogens with zero attached hydrogens (tertiary/aromatic N) is 2. The molecule has 4 aliphatic rings. The van der Waals surface area contributed by atoms with Gasteiger partial charge in [0.25, 0.3) is 5.91 Å². The van der Waals surface area contributed by atoms with Gasteiger partial charge in [0.05, 0.1) is 41.5 Å². The van der Waals surface area contributed by atoms with Crippen LogP contribution in [0, 0.1) is 11.8 Å². The lowest BCUT2D eigenvalue weighted by atomic mass is 9.74. The van der Waals surface area contributed by atoms with Gasteiger partial charge >= 0.3 is 5.97 Å². The molecule has 0 aliphatic carbocycles. The molecule has 2 saturated heterocycles. The average molecular weight is 487 g/mol. The van der Waals surface area contributed by atoms with Crippen molar-refractivity contribution >= 4 is 35.1 Å². The zero-order valence-electron chi connectivity index (χ0n) is 19.0. The van der Waals surface area contributed by atoms with E-state index in [1.807, 2.05) is 12.2 Å². The summed E-state index contributed by atoms with van der Waals surface area (Å²) in [7, 11) is 0. The summed E-state index contributed by atoms with van der Waals surface area (Å²) in [6.07, 6.45) is 7.75. The van der Waals surface area contributed by atoms with Gasteiger partial charge in [-0.1, -0.05) is 48.0 Å². The van der Waals surface area contributed by atoms with Crippen molar-refractivity contribution < 1.29 is 29.0 Å². The number of fused-ring (bicyclic) bond motifs is 2. The number of likely N-dealkylation sites (tertiary alicyclic amines) is 1. The van der Waals surface area contributed by atoms with Crippen LogP contribution in [0.25, 0.3) is 0 Å². The molecule has 0 saturated carbocycles. The van der Waals surface area contributed by atoms with Gasteiger partial charge in [-0.05, 0) is 32.4 Å². The predicted octanol–water partition coefficient (Wildman–Crippen LogP) is 2.10. The Balaban J connectivity index is 1.69. The Hall–Kier alpha value is -2.68. The van der Waals surface area contributed by atoms with Gasteiger partial charge in [0.1, 0.15) is 17.6 Å². The molecule has 34 heavy (non-hydrogen) atoms. The fourth-order valence-electron chi connectivity index (χ4n) is 5.88. The van der Waals surface area contributed by atoms with Crippen molar-refractivity contribution in [3.05, 3.63) is 53.6 Å². The van der Waals surface area contributed by atoms with E-state index in [2.05, 4.69) is 0 Å². The van der Waals surface area contributed by atoms with Gasteiger partial charge in [-0.15, -0.1) is 0 Å². The van der Waals surface area contributed by atoms with Crippen molar-refractivity contribution in [2.45, 2.75) is 43.6 Å². The molecule has 0 bridgehead atoms. The number of amides is 2. The first-order valence-corrected chi connectivity index (χ1v) is 11.8. The monoisotopic (exact) mass is 486 g/mol.